The molecule has 1 aromatic heterocycles. The molecule has 126 valence electrons. The molecule has 5 nitrogen and oxygen atoms in total. The lowest BCUT2D eigenvalue weighted by molar-refractivity contribution is -0.140. The predicted molar refractivity (Wildman–Crippen MR) is 81.0 cm³/mol. The minimum atomic E-state index is -4.40. The third kappa shape index (κ3) is 7.08. The van der Waals surface area contributed by atoms with Crippen LogP contribution in [0.1, 0.15) is 31.0 Å². The van der Waals surface area contributed by atoms with Crippen LogP contribution in [0.4, 0.5) is 13.2 Å². The molecular formula is C13H21F3N4OS. The lowest BCUT2D eigenvalue weighted by Crippen LogP contribution is -2.37. The van der Waals surface area contributed by atoms with E-state index in [2.05, 4.69) is 20.6 Å². The molecule has 1 heterocycles. The first-order valence-corrected chi connectivity index (χ1v) is 7.78. The summed E-state index contributed by atoms with van der Waals surface area (Å²) in [5, 5.41) is 7.36. The highest BCUT2D eigenvalue weighted by Crippen LogP contribution is 2.29. The van der Waals surface area contributed by atoms with Crippen LogP contribution in [0.5, 0.6) is 0 Å². The third-order valence-corrected chi connectivity index (χ3v) is 3.39. The van der Waals surface area contributed by atoms with Gasteiger partial charge in [0.1, 0.15) is 5.01 Å². The number of halogens is 3. The minimum Gasteiger partial charge on any atom is -0.379 e. The number of nitrogens with one attached hydrogen (secondary N) is 2. The van der Waals surface area contributed by atoms with Crippen LogP contribution in [0.3, 0.4) is 0 Å². The summed E-state index contributed by atoms with van der Waals surface area (Å²) >= 11 is 0.968. The highest BCUT2D eigenvalue weighted by atomic mass is 32.1. The average molecular weight is 338 g/mol. The van der Waals surface area contributed by atoms with Gasteiger partial charge < -0.3 is 15.4 Å². The van der Waals surface area contributed by atoms with Gasteiger partial charge in [-0.15, -0.1) is 11.3 Å². The second-order valence-electron chi connectivity index (χ2n) is 4.75. The lowest BCUT2D eigenvalue weighted by Gasteiger charge is -2.11. The van der Waals surface area contributed by atoms with E-state index in [9.17, 15) is 13.2 Å². The number of hydrogen-bond donors (Lipinski definition) is 2. The van der Waals surface area contributed by atoms with Crippen LogP contribution in [0.15, 0.2) is 10.4 Å². The van der Waals surface area contributed by atoms with Crippen molar-refractivity contribution in [2.24, 2.45) is 4.99 Å². The fraction of sp³-hybridized carbons (Fsp3) is 0.692. The molecule has 0 saturated heterocycles. The van der Waals surface area contributed by atoms with Gasteiger partial charge in [-0.2, -0.15) is 13.2 Å². The van der Waals surface area contributed by atoms with Gasteiger partial charge in [-0.25, -0.2) is 4.98 Å². The zero-order valence-corrected chi connectivity index (χ0v) is 13.6. The number of guanidine groups is 1. The summed E-state index contributed by atoms with van der Waals surface area (Å²) in [6.45, 7) is 5.44. The van der Waals surface area contributed by atoms with Gasteiger partial charge in [-0.3, -0.25) is 4.99 Å². The molecule has 0 amide bonds. The van der Waals surface area contributed by atoms with E-state index in [1.165, 1.54) is 0 Å². The largest absolute Gasteiger partial charge is 0.434 e. The van der Waals surface area contributed by atoms with Gasteiger partial charge in [0, 0.05) is 25.6 Å². The topological polar surface area (TPSA) is 58.5 Å². The molecule has 1 rings (SSSR count). The number of thiazole rings is 1. The zero-order chi connectivity index (χ0) is 16.6. The highest BCUT2D eigenvalue weighted by molar-refractivity contribution is 7.09. The SMILES string of the molecule is CN=C(NCCCOC(C)C)NCc1nc(C(F)(F)F)cs1. The van der Waals surface area contributed by atoms with Gasteiger partial charge >= 0.3 is 6.18 Å². The molecule has 0 radical (unpaired) electrons. The summed E-state index contributed by atoms with van der Waals surface area (Å²) in [4.78, 5) is 7.54. The second kappa shape index (κ2) is 8.94. The maximum Gasteiger partial charge on any atom is 0.434 e. The first-order chi connectivity index (χ1) is 10.3. The molecule has 0 bridgehead atoms. The number of hydrogen-bond acceptors (Lipinski definition) is 4. The molecule has 1 aromatic rings. The number of alkyl halides is 3. The van der Waals surface area contributed by atoms with Crippen LogP contribution in [0.2, 0.25) is 0 Å². The summed E-state index contributed by atoms with van der Waals surface area (Å²) in [6, 6.07) is 0. The molecule has 0 atom stereocenters. The van der Waals surface area contributed by atoms with Gasteiger partial charge in [0.05, 0.1) is 12.6 Å². The van der Waals surface area contributed by atoms with E-state index in [1.807, 2.05) is 13.8 Å². The van der Waals surface area contributed by atoms with E-state index in [-0.39, 0.29) is 12.6 Å². The van der Waals surface area contributed by atoms with Gasteiger partial charge in [0.15, 0.2) is 11.7 Å². The van der Waals surface area contributed by atoms with Gasteiger partial charge in [0.25, 0.3) is 0 Å². The van der Waals surface area contributed by atoms with Crippen molar-refractivity contribution in [3.63, 3.8) is 0 Å². The molecule has 0 aliphatic carbocycles. The van der Waals surface area contributed by atoms with Crippen LogP contribution in [-0.4, -0.2) is 37.2 Å². The normalized spacial score (nSPS) is 12.8. The lowest BCUT2D eigenvalue weighted by atomic mass is 10.4. The van der Waals surface area contributed by atoms with Gasteiger partial charge in [-0.05, 0) is 20.3 Å². The van der Waals surface area contributed by atoms with E-state index in [4.69, 9.17) is 4.74 Å². The number of aliphatic imine (C=N–C) groups is 1. The van der Waals surface area contributed by atoms with Crippen molar-refractivity contribution in [1.29, 1.82) is 0 Å². The smallest absolute Gasteiger partial charge is 0.379 e. The Kier molecular flexibility index (Phi) is 7.60. The third-order valence-electron chi connectivity index (χ3n) is 2.54. The van der Waals surface area contributed by atoms with Crippen molar-refractivity contribution < 1.29 is 17.9 Å². The summed E-state index contributed by atoms with van der Waals surface area (Å²) in [5.41, 5.74) is -0.858. The van der Waals surface area contributed by atoms with Gasteiger partial charge in [-0.1, -0.05) is 0 Å². The standard InChI is InChI=1S/C13H21F3N4OS/c1-9(2)21-6-4-5-18-12(17-3)19-7-11-20-10(8-22-11)13(14,15)16/h8-9H,4-7H2,1-3H3,(H2,17,18,19). The molecule has 2 N–H and O–H groups in total. The Labute approximate surface area is 132 Å². The van der Waals surface area contributed by atoms with Crippen molar-refractivity contribution in [1.82, 2.24) is 15.6 Å². The Balaban J connectivity index is 2.31. The first-order valence-electron chi connectivity index (χ1n) is 6.90. The van der Waals surface area contributed by atoms with E-state index in [1.54, 1.807) is 7.05 Å². The monoisotopic (exact) mass is 338 g/mol. The Morgan fingerprint density at radius 2 is 2.14 bits per heavy atom. The number of ether oxygens (including phenoxy) is 1. The van der Waals surface area contributed by atoms with E-state index >= 15 is 0 Å². The summed E-state index contributed by atoms with van der Waals surface area (Å²) in [5.74, 6) is 0.522. The average Bonchev–Trinajstić information content (AvgIpc) is 2.90. The van der Waals surface area contributed by atoms with Gasteiger partial charge in [0.2, 0.25) is 0 Å². The molecule has 0 spiro atoms. The first kappa shape index (κ1) is 18.7. The summed E-state index contributed by atoms with van der Waals surface area (Å²) in [7, 11) is 1.60. The second-order valence-corrected chi connectivity index (χ2v) is 5.69. The zero-order valence-electron chi connectivity index (χ0n) is 12.8. The van der Waals surface area contributed by atoms with Crippen molar-refractivity contribution in [3.8, 4) is 0 Å². The van der Waals surface area contributed by atoms with Crippen LogP contribution in [-0.2, 0) is 17.5 Å². The van der Waals surface area contributed by atoms with Crippen molar-refractivity contribution in [2.45, 2.75) is 39.1 Å². The predicted octanol–water partition coefficient (Wildman–Crippen LogP) is 2.64. The molecule has 0 fully saturated rings. The van der Waals surface area contributed by atoms with Crippen LogP contribution >= 0.6 is 11.3 Å². The fourth-order valence-corrected chi connectivity index (χ4v) is 2.24. The molecule has 22 heavy (non-hydrogen) atoms. The van der Waals surface area contributed by atoms with Crippen molar-refractivity contribution >= 4 is 17.3 Å². The highest BCUT2D eigenvalue weighted by Gasteiger charge is 2.33. The van der Waals surface area contributed by atoms with E-state index in [0.29, 0.717) is 24.1 Å². The summed E-state index contributed by atoms with van der Waals surface area (Å²) in [6.07, 6.45) is -3.38. The molecule has 0 aromatic carbocycles. The number of rotatable bonds is 7. The maximum atomic E-state index is 12.4. The van der Waals surface area contributed by atoms with E-state index < -0.39 is 11.9 Å². The molecule has 0 saturated carbocycles. The van der Waals surface area contributed by atoms with Crippen LogP contribution < -0.4 is 10.6 Å². The quantitative estimate of drug-likeness (QED) is 0.456. The van der Waals surface area contributed by atoms with Crippen LogP contribution in [0.25, 0.3) is 0 Å². The Morgan fingerprint density at radius 3 is 2.68 bits per heavy atom. The van der Waals surface area contributed by atoms with E-state index in [0.717, 1.165) is 23.1 Å². The molecule has 0 aliphatic rings. The maximum absolute atomic E-state index is 12.4. The van der Waals surface area contributed by atoms with Crippen LogP contribution in [0, 0.1) is 0 Å². The number of aromatic nitrogens is 1. The minimum absolute atomic E-state index is 0.197. The molecule has 0 unspecified atom stereocenters. The Bertz CT molecular complexity index is 474. The summed E-state index contributed by atoms with van der Waals surface area (Å²) < 4.78 is 42.7. The molecule has 9 heteroatoms. The number of nitrogens with zero attached hydrogens (tertiary/aromatic N) is 2. The Hall–Kier alpha value is -1.35. The molecular weight excluding hydrogens is 317 g/mol. The Morgan fingerprint density at radius 1 is 1.41 bits per heavy atom. The van der Waals surface area contributed by atoms with Crippen molar-refractivity contribution in [2.75, 3.05) is 20.2 Å². The fourth-order valence-electron chi connectivity index (χ4n) is 1.50. The molecule has 0 aliphatic heterocycles. The van der Waals surface area contributed by atoms with Crippen molar-refractivity contribution in [3.05, 3.63) is 16.1 Å².